The first-order chi connectivity index (χ1) is 9.59. The molecule has 0 spiro atoms. The normalized spacial score (nSPS) is 11.8. The number of hydrogen-bond acceptors (Lipinski definition) is 2. The molecule has 4 heteroatoms. The Kier molecular flexibility index (Phi) is 11.0. The lowest BCUT2D eigenvalue weighted by molar-refractivity contribution is -0.122. The highest BCUT2D eigenvalue weighted by molar-refractivity contribution is 5.85. The Labute approximate surface area is 135 Å². The second-order valence-corrected chi connectivity index (χ2v) is 5.82. The lowest BCUT2D eigenvalue weighted by Gasteiger charge is -2.14. The molecule has 21 heavy (non-hydrogen) atoms. The van der Waals surface area contributed by atoms with Crippen molar-refractivity contribution in [2.75, 3.05) is 6.54 Å². The van der Waals surface area contributed by atoms with Crippen LogP contribution in [0.3, 0.4) is 0 Å². The van der Waals surface area contributed by atoms with Crippen molar-refractivity contribution in [3.8, 4) is 0 Å². The second-order valence-electron chi connectivity index (χ2n) is 5.82. The number of carbonyl (C=O) groups is 1. The zero-order chi connectivity index (χ0) is 14.8. The number of halogens is 1. The van der Waals surface area contributed by atoms with Crippen molar-refractivity contribution in [1.82, 2.24) is 5.32 Å². The highest BCUT2D eigenvalue weighted by Gasteiger charge is 2.13. The Balaban J connectivity index is 0.00000400. The molecule has 3 nitrogen and oxygen atoms in total. The van der Waals surface area contributed by atoms with Gasteiger partial charge in [0, 0.05) is 6.54 Å². The summed E-state index contributed by atoms with van der Waals surface area (Å²) < 4.78 is 0. The van der Waals surface area contributed by atoms with Crippen LogP contribution in [0.1, 0.15) is 45.1 Å². The monoisotopic (exact) mass is 312 g/mol. The summed E-state index contributed by atoms with van der Waals surface area (Å²) in [7, 11) is 0. The summed E-state index contributed by atoms with van der Waals surface area (Å²) in [6, 6.07) is 10.1. The van der Waals surface area contributed by atoms with Crippen molar-refractivity contribution < 1.29 is 4.79 Å². The molecule has 3 N–H and O–H groups in total. The van der Waals surface area contributed by atoms with Gasteiger partial charge in [0.05, 0.1) is 6.04 Å². The summed E-state index contributed by atoms with van der Waals surface area (Å²) in [6.45, 7) is 4.90. The number of unbranched alkanes of at least 4 members (excludes halogenated alkanes) is 2. The molecule has 0 aliphatic heterocycles. The summed E-state index contributed by atoms with van der Waals surface area (Å²) >= 11 is 0. The summed E-state index contributed by atoms with van der Waals surface area (Å²) in [5.74, 6) is 0.448. The van der Waals surface area contributed by atoms with Crippen LogP contribution in [0, 0.1) is 5.92 Å². The van der Waals surface area contributed by atoms with Crippen LogP contribution in [-0.2, 0) is 11.2 Å². The smallest absolute Gasteiger partial charge is 0.236 e. The van der Waals surface area contributed by atoms with Gasteiger partial charge in [-0.25, -0.2) is 0 Å². The lowest BCUT2D eigenvalue weighted by atomic mass is 10.0. The Bertz CT molecular complexity index is 382. The van der Waals surface area contributed by atoms with Gasteiger partial charge in [-0.2, -0.15) is 0 Å². The van der Waals surface area contributed by atoms with Gasteiger partial charge in [0.15, 0.2) is 0 Å². The Morgan fingerprint density at radius 3 is 2.43 bits per heavy atom. The highest BCUT2D eigenvalue weighted by Crippen LogP contribution is 2.06. The van der Waals surface area contributed by atoms with E-state index in [4.69, 9.17) is 5.73 Å². The van der Waals surface area contributed by atoms with E-state index in [0.717, 1.165) is 38.6 Å². The van der Waals surface area contributed by atoms with Gasteiger partial charge in [0.25, 0.3) is 0 Å². The van der Waals surface area contributed by atoms with Gasteiger partial charge >= 0.3 is 0 Å². The van der Waals surface area contributed by atoms with Crippen molar-refractivity contribution in [3.63, 3.8) is 0 Å². The zero-order valence-electron chi connectivity index (χ0n) is 13.2. The van der Waals surface area contributed by atoms with Crippen molar-refractivity contribution in [1.29, 1.82) is 0 Å². The largest absolute Gasteiger partial charge is 0.355 e. The molecular weight excluding hydrogens is 284 g/mol. The number of hydrogen-bond donors (Lipinski definition) is 2. The van der Waals surface area contributed by atoms with Gasteiger partial charge in [0.2, 0.25) is 5.91 Å². The van der Waals surface area contributed by atoms with Crippen LogP contribution in [0.15, 0.2) is 30.3 Å². The average Bonchev–Trinajstić information content (AvgIpc) is 2.42. The Hall–Kier alpha value is -1.06. The van der Waals surface area contributed by atoms with Crippen molar-refractivity contribution >= 4 is 18.3 Å². The SMILES string of the molecule is CC(C)C[C@H](N)C(=O)NCCCCCc1ccccc1.Cl. The number of aryl methyl sites for hydroxylation is 1. The molecular formula is C17H29ClN2O. The van der Waals surface area contributed by atoms with E-state index in [1.165, 1.54) is 5.56 Å². The number of benzene rings is 1. The fourth-order valence-electron chi connectivity index (χ4n) is 2.23. The van der Waals surface area contributed by atoms with Gasteiger partial charge in [0.1, 0.15) is 0 Å². The molecule has 0 unspecified atom stereocenters. The van der Waals surface area contributed by atoms with E-state index in [9.17, 15) is 4.79 Å². The van der Waals surface area contributed by atoms with E-state index >= 15 is 0 Å². The first-order valence-corrected chi connectivity index (χ1v) is 7.67. The molecule has 120 valence electrons. The van der Waals surface area contributed by atoms with Gasteiger partial charge in [-0.15, -0.1) is 12.4 Å². The number of nitrogens with one attached hydrogen (secondary N) is 1. The van der Waals surface area contributed by atoms with Crippen LogP contribution >= 0.6 is 12.4 Å². The van der Waals surface area contributed by atoms with Crippen LogP contribution < -0.4 is 11.1 Å². The maximum absolute atomic E-state index is 11.7. The van der Waals surface area contributed by atoms with E-state index in [1.807, 2.05) is 6.07 Å². The molecule has 0 aromatic heterocycles. The maximum Gasteiger partial charge on any atom is 0.236 e. The maximum atomic E-state index is 11.7. The molecule has 0 aliphatic carbocycles. The molecule has 1 aromatic carbocycles. The van der Waals surface area contributed by atoms with Crippen molar-refractivity contribution in [2.24, 2.45) is 11.7 Å². The highest BCUT2D eigenvalue weighted by atomic mass is 35.5. The summed E-state index contributed by atoms with van der Waals surface area (Å²) in [4.78, 5) is 11.7. The minimum absolute atomic E-state index is 0. The third-order valence-corrected chi connectivity index (χ3v) is 3.35. The fraction of sp³-hybridized carbons (Fsp3) is 0.588. The second kappa shape index (κ2) is 11.6. The number of carbonyl (C=O) groups excluding carboxylic acids is 1. The predicted molar refractivity (Wildman–Crippen MR) is 91.7 cm³/mol. The molecule has 0 heterocycles. The van der Waals surface area contributed by atoms with Gasteiger partial charge in [-0.1, -0.05) is 50.6 Å². The molecule has 0 aliphatic rings. The number of amides is 1. The molecule has 1 rings (SSSR count). The standard InChI is InChI=1S/C17H28N2O.ClH/c1-14(2)13-16(18)17(20)19-12-8-4-7-11-15-9-5-3-6-10-15;/h3,5-6,9-10,14,16H,4,7-8,11-13,18H2,1-2H3,(H,19,20);1H/t16-;/m0./s1. The number of rotatable bonds is 9. The fourth-order valence-corrected chi connectivity index (χ4v) is 2.23. The van der Waals surface area contributed by atoms with E-state index < -0.39 is 0 Å². The van der Waals surface area contributed by atoms with Gasteiger partial charge in [-0.05, 0) is 37.2 Å². The average molecular weight is 313 g/mol. The third-order valence-electron chi connectivity index (χ3n) is 3.35. The molecule has 0 saturated heterocycles. The topological polar surface area (TPSA) is 55.1 Å². The number of nitrogens with two attached hydrogens (primary N) is 1. The first kappa shape index (κ1) is 19.9. The van der Waals surface area contributed by atoms with E-state index in [-0.39, 0.29) is 24.4 Å². The molecule has 1 atom stereocenters. The van der Waals surface area contributed by atoms with Crippen LogP contribution in [0.25, 0.3) is 0 Å². The van der Waals surface area contributed by atoms with Gasteiger partial charge in [-0.3, -0.25) is 4.79 Å². The van der Waals surface area contributed by atoms with Crippen LogP contribution in [0.2, 0.25) is 0 Å². The summed E-state index contributed by atoms with van der Waals surface area (Å²) in [5.41, 5.74) is 7.21. The summed E-state index contributed by atoms with van der Waals surface area (Å²) in [6.07, 6.45) is 5.18. The molecule has 0 bridgehead atoms. The predicted octanol–water partition coefficient (Wildman–Crippen LogP) is 3.31. The lowest BCUT2D eigenvalue weighted by Crippen LogP contribution is -2.41. The quantitative estimate of drug-likeness (QED) is 0.687. The molecule has 1 amide bonds. The van der Waals surface area contributed by atoms with Crippen LogP contribution in [-0.4, -0.2) is 18.5 Å². The zero-order valence-corrected chi connectivity index (χ0v) is 14.0. The van der Waals surface area contributed by atoms with E-state index in [1.54, 1.807) is 0 Å². The third kappa shape index (κ3) is 9.48. The Morgan fingerprint density at radius 2 is 1.81 bits per heavy atom. The molecule has 0 saturated carbocycles. The van der Waals surface area contributed by atoms with Crippen LogP contribution in [0.5, 0.6) is 0 Å². The molecule has 0 radical (unpaired) electrons. The van der Waals surface area contributed by atoms with Crippen molar-refractivity contribution in [3.05, 3.63) is 35.9 Å². The van der Waals surface area contributed by atoms with E-state index in [0.29, 0.717) is 5.92 Å². The Morgan fingerprint density at radius 1 is 1.14 bits per heavy atom. The first-order valence-electron chi connectivity index (χ1n) is 7.67. The van der Waals surface area contributed by atoms with Gasteiger partial charge < -0.3 is 11.1 Å². The summed E-state index contributed by atoms with van der Waals surface area (Å²) in [5, 5.41) is 2.92. The molecule has 0 fully saturated rings. The van der Waals surface area contributed by atoms with E-state index in [2.05, 4.69) is 43.4 Å². The molecule has 1 aromatic rings. The minimum atomic E-state index is -0.362. The van der Waals surface area contributed by atoms with Crippen molar-refractivity contribution in [2.45, 2.75) is 52.0 Å². The van der Waals surface area contributed by atoms with Crippen LogP contribution in [0.4, 0.5) is 0 Å². The minimum Gasteiger partial charge on any atom is -0.355 e.